The quantitative estimate of drug-likeness (QED) is 0.765. The standard InChI is InChI=1S/C21H31N3O2/c1-4-18-9-5-6-11-24(18)21(26)20(25)23-14-12-22(13-15-23)19-10-7-8-16(2)17(19)3/h7-8,10,18H,4-6,9,11-15H2,1-3H3. The van der Waals surface area contributed by atoms with E-state index in [-0.39, 0.29) is 17.9 Å². The van der Waals surface area contributed by atoms with Crippen molar-refractivity contribution in [1.29, 1.82) is 0 Å². The number of carbonyl (C=O) groups is 2. The fourth-order valence-corrected chi connectivity index (χ4v) is 4.18. The second-order valence-corrected chi connectivity index (χ2v) is 7.55. The molecule has 0 saturated carbocycles. The third kappa shape index (κ3) is 3.71. The molecule has 0 aromatic heterocycles. The Morgan fingerprint density at radius 2 is 1.73 bits per heavy atom. The van der Waals surface area contributed by atoms with E-state index >= 15 is 0 Å². The van der Waals surface area contributed by atoms with Crippen LogP contribution in [0.1, 0.15) is 43.7 Å². The Morgan fingerprint density at radius 1 is 1.00 bits per heavy atom. The molecule has 0 spiro atoms. The van der Waals surface area contributed by atoms with E-state index in [1.54, 1.807) is 4.90 Å². The molecule has 0 radical (unpaired) electrons. The molecule has 2 aliphatic rings. The second-order valence-electron chi connectivity index (χ2n) is 7.55. The number of nitrogens with zero attached hydrogens (tertiary/aromatic N) is 3. The van der Waals surface area contributed by atoms with E-state index < -0.39 is 0 Å². The maximum atomic E-state index is 12.7. The number of likely N-dealkylation sites (tertiary alicyclic amines) is 1. The van der Waals surface area contributed by atoms with Gasteiger partial charge in [-0.05, 0) is 56.7 Å². The molecule has 0 aliphatic carbocycles. The molecule has 3 rings (SSSR count). The molecule has 5 heteroatoms. The van der Waals surface area contributed by atoms with Crippen molar-refractivity contribution in [2.75, 3.05) is 37.6 Å². The summed E-state index contributed by atoms with van der Waals surface area (Å²) in [5.41, 5.74) is 3.82. The molecule has 1 unspecified atom stereocenters. The Hall–Kier alpha value is -2.04. The van der Waals surface area contributed by atoms with Crippen molar-refractivity contribution < 1.29 is 9.59 Å². The third-order valence-corrected chi connectivity index (χ3v) is 6.03. The predicted molar refractivity (Wildman–Crippen MR) is 104 cm³/mol. The van der Waals surface area contributed by atoms with E-state index in [4.69, 9.17) is 0 Å². The summed E-state index contributed by atoms with van der Waals surface area (Å²) in [6.07, 6.45) is 4.12. The first-order valence-corrected chi connectivity index (χ1v) is 9.94. The van der Waals surface area contributed by atoms with Gasteiger partial charge in [-0.2, -0.15) is 0 Å². The van der Waals surface area contributed by atoms with Gasteiger partial charge < -0.3 is 14.7 Å². The van der Waals surface area contributed by atoms with E-state index in [9.17, 15) is 9.59 Å². The first-order chi connectivity index (χ1) is 12.5. The summed E-state index contributed by atoms with van der Waals surface area (Å²) in [7, 11) is 0. The highest BCUT2D eigenvalue weighted by Gasteiger charge is 2.33. The highest BCUT2D eigenvalue weighted by molar-refractivity contribution is 6.35. The number of anilines is 1. The lowest BCUT2D eigenvalue weighted by atomic mass is 10.00. The van der Waals surface area contributed by atoms with Crippen molar-refractivity contribution in [3.05, 3.63) is 29.3 Å². The SMILES string of the molecule is CCC1CCCCN1C(=O)C(=O)N1CCN(c2cccc(C)c2C)CC1. The van der Waals surface area contributed by atoms with Gasteiger partial charge in [-0.1, -0.05) is 19.1 Å². The van der Waals surface area contributed by atoms with Gasteiger partial charge in [0, 0.05) is 44.5 Å². The Bertz CT molecular complexity index is 665. The molecule has 2 fully saturated rings. The van der Waals surface area contributed by atoms with Crippen molar-refractivity contribution in [2.45, 2.75) is 52.5 Å². The molecule has 0 bridgehead atoms. The molecule has 1 atom stereocenters. The summed E-state index contributed by atoms with van der Waals surface area (Å²) in [5.74, 6) is -0.609. The molecular formula is C21H31N3O2. The lowest BCUT2D eigenvalue weighted by molar-refractivity contribution is -0.154. The van der Waals surface area contributed by atoms with Crippen LogP contribution >= 0.6 is 0 Å². The van der Waals surface area contributed by atoms with Crippen LogP contribution in [0.15, 0.2) is 18.2 Å². The summed E-state index contributed by atoms with van der Waals surface area (Å²) < 4.78 is 0. The number of benzene rings is 1. The third-order valence-electron chi connectivity index (χ3n) is 6.03. The van der Waals surface area contributed by atoms with Gasteiger partial charge in [0.1, 0.15) is 0 Å². The summed E-state index contributed by atoms with van der Waals surface area (Å²) in [5, 5.41) is 0. The van der Waals surface area contributed by atoms with Crippen molar-refractivity contribution >= 4 is 17.5 Å². The van der Waals surface area contributed by atoms with Gasteiger partial charge in [0.25, 0.3) is 0 Å². The van der Waals surface area contributed by atoms with Crippen LogP contribution in [0, 0.1) is 13.8 Å². The van der Waals surface area contributed by atoms with Crippen LogP contribution < -0.4 is 4.90 Å². The largest absolute Gasteiger partial charge is 0.368 e. The van der Waals surface area contributed by atoms with E-state index in [1.807, 2.05) is 4.90 Å². The number of hydrogen-bond donors (Lipinski definition) is 0. The molecule has 2 amide bonds. The topological polar surface area (TPSA) is 43.9 Å². The van der Waals surface area contributed by atoms with Crippen LogP contribution in [-0.2, 0) is 9.59 Å². The van der Waals surface area contributed by atoms with E-state index in [0.29, 0.717) is 13.1 Å². The van der Waals surface area contributed by atoms with Crippen LogP contribution in [0.5, 0.6) is 0 Å². The lowest BCUT2D eigenvalue weighted by Crippen LogP contribution is -2.55. The minimum atomic E-state index is -0.314. The summed E-state index contributed by atoms with van der Waals surface area (Å²) >= 11 is 0. The van der Waals surface area contributed by atoms with E-state index in [1.165, 1.54) is 16.8 Å². The minimum Gasteiger partial charge on any atom is -0.368 e. The zero-order valence-corrected chi connectivity index (χ0v) is 16.3. The Balaban J connectivity index is 1.61. The predicted octanol–water partition coefficient (Wildman–Crippen LogP) is 2.74. The Kier molecular flexibility index (Phi) is 5.84. The first-order valence-electron chi connectivity index (χ1n) is 9.94. The maximum Gasteiger partial charge on any atom is 0.312 e. The number of carbonyl (C=O) groups excluding carboxylic acids is 2. The molecule has 2 saturated heterocycles. The molecular weight excluding hydrogens is 326 g/mol. The van der Waals surface area contributed by atoms with Gasteiger partial charge in [0.15, 0.2) is 0 Å². The van der Waals surface area contributed by atoms with Crippen LogP contribution in [0.2, 0.25) is 0 Å². The maximum absolute atomic E-state index is 12.7. The van der Waals surface area contributed by atoms with Gasteiger partial charge >= 0.3 is 11.8 Å². The summed E-state index contributed by atoms with van der Waals surface area (Å²) in [4.78, 5) is 31.4. The summed E-state index contributed by atoms with van der Waals surface area (Å²) in [6.45, 7) is 9.88. The lowest BCUT2D eigenvalue weighted by Gasteiger charge is -2.39. The number of amides is 2. The van der Waals surface area contributed by atoms with Crippen LogP contribution in [0.4, 0.5) is 5.69 Å². The normalized spacial score (nSPS) is 21.0. The van der Waals surface area contributed by atoms with E-state index in [2.05, 4.69) is 43.9 Å². The summed E-state index contributed by atoms with van der Waals surface area (Å²) in [6, 6.07) is 6.58. The van der Waals surface area contributed by atoms with Gasteiger partial charge in [-0.25, -0.2) is 0 Å². The number of rotatable bonds is 2. The zero-order chi connectivity index (χ0) is 18.7. The molecule has 142 valence electrons. The van der Waals surface area contributed by atoms with Gasteiger partial charge in [0.2, 0.25) is 0 Å². The van der Waals surface area contributed by atoms with Crippen molar-refractivity contribution in [2.24, 2.45) is 0 Å². The van der Waals surface area contributed by atoms with Crippen molar-refractivity contribution in [3.8, 4) is 0 Å². The number of hydrogen-bond acceptors (Lipinski definition) is 3. The molecule has 0 N–H and O–H groups in total. The fraction of sp³-hybridized carbons (Fsp3) is 0.619. The van der Waals surface area contributed by atoms with Gasteiger partial charge in [-0.3, -0.25) is 9.59 Å². The van der Waals surface area contributed by atoms with Gasteiger partial charge in [0.05, 0.1) is 0 Å². The van der Waals surface area contributed by atoms with Crippen LogP contribution in [0.3, 0.4) is 0 Å². The molecule has 1 aromatic carbocycles. The highest BCUT2D eigenvalue weighted by Crippen LogP contribution is 2.24. The van der Waals surface area contributed by atoms with Crippen LogP contribution in [-0.4, -0.2) is 60.4 Å². The monoisotopic (exact) mass is 357 g/mol. The average molecular weight is 357 g/mol. The first kappa shape index (κ1) is 18.7. The highest BCUT2D eigenvalue weighted by atomic mass is 16.2. The molecule has 2 aliphatic heterocycles. The zero-order valence-electron chi connectivity index (χ0n) is 16.3. The number of aryl methyl sites for hydroxylation is 1. The van der Waals surface area contributed by atoms with Crippen LogP contribution in [0.25, 0.3) is 0 Å². The van der Waals surface area contributed by atoms with Crippen molar-refractivity contribution in [3.63, 3.8) is 0 Å². The average Bonchev–Trinajstić information content (AvgIpc) is 2.69. The Morgan fingerprint density at radius 3 is 2.42 bits per heavy atom. The molecule has 26 heavy (non-hydrogen) atoms. The Labute approximate surface area is 156 Å². The fourth-order valence-electron chi connectivity index (χ4n) is 4.18. The second kappa shape index (κ2) is 8.11. The smallest absolute Gasteiger partial charge is 0.312 e. The number of piperidine rings is 1. The molecule has 2 heterocycles. The van der Waals surface area contributed by atoms with Crippen molar-refractivity contribution in [1.82, 2.24) is 9.80 Å². The number of piperazine rings is 1. The molecule has 1 aromatic rings. The minimum absolute atomic E-state index is 0.233. The van der Waals surface area contributed by atoms with E-state index in [0.717, 1.165) is 45.3 Å². The van der Waals surface area contributed by atoms with Gasteiger partial charge in [-0.15, -0.1) is 0 Å². The molecule has 5 nitrogen and oxygen atoms in total.